The maximum absolute atomic E-state index is 9.93. The average molecular weight is 136 g/mol. The molecule has 1 N–H and O–H groups in total. The van der Waals surface area contributed by atoms with Crippen LogP contribution in [-0.4, -0.2) is 27.6 Å². The Balaban J connectivity index is 3.24. The van der Waals surface area contributed by atoms with Gasteiger partial charge in [0.1, 0.15) is 0 Å². The van der Waals surface area contributed by atoms with Gasteiger partial charge in [-0.3, -0.25) is 4.21 Å². The maximum atomic E-state index is 9.93. The van der Waals surface area contributed by atoms with Crippen LogP contribution in [0.3, 0.4) is 0 Å². The van der Waals surface area contributed by atoms with Crippen LogP contribution in [0.4, 0.5) is 0 Å². The van der Waals surface area contributed by atoms with E-state index >= 15 is 0 Å². The van der Waals surface area contributed by atoms with Gasteiger partial charge in [0, 0.05) is 11.8 Å². The first-order valence-corrected chi connectivity index (χ1v) is 3.64. The van der Waals surface area contributed by atoms with Crippen molar-refractivity contribution in [2.24, 2.45) is 0 Å². The Kier molecular flexibility index (Phi) is 4.03. The molecule has 0 spiro atoms. The van der Waals surface area contributed by atoms with E-state index in [1.807, 2.05) is 6.92 Å². The Labute approximate surface area is 51.8 Å². The van der Waals surface area contributed by atoms with Crippen molar-refractivity contribution in [2.75, 3.05) is 12.8 Å². The van der Waals surface area contributed by atoms with Gasteiger partial charge in [0.05, 0.1) is 0 Å². The highest BCUT2D eigenvalue weighted by Crippen LogP contribution is 1.81. The summed E-state index contributed by atoms with van der Waals surface area (Å²) in [5, 5.41) is 2.80. The van der Waals surface area contributed by atoms with Crippen molar-refractivity contribution in [1.29, 1.82) is 0 Å². The summed E-state index contributed by atoms with van der Waals surface area (Å²) in [6.45, 7) is 1.82. The van der Waals surface area contributed by atoms with Crippen LogP contribution in [-0.2, 0) is 11.1 Å². The molecule has 0 fully saturated rings. The van der Waals surface area contributed by atoms with Crippen molar-refractivity contribution in [1.82, 2.24) is 5.32 Å². The lowest BCUT2D eigenvalue weighted by atomic mass is 10.4. The SMILES string of the molecule is CNC(C)CS(=O)[O-]. The van der Waals surface area contributed by atoms with Crippen LogP contribution in [0.15, 0.2) is 0 Å². The van der Waals surface area contributed by atoms with Gasteiger partial charge in [0.2, 0.25) is 0 Å². The minimum atomic E-state index is -1.91. The lowest BCUT2D eigenvalue weighted by Gasteiger charge is -2.10. The fourth-order valence-electron chi connectivity index (χ4n) is 0.287. The standard InChI is InChI=1S/C4H11NO2S/c1-4(5-2)3-8(6)7/h4-5H,3H2,1-2H3,(H,6,7)/p-1. The van der Waals surface area contributed by atoms with Crippen LogP contribution in [0, 0.1) is 0 Å². The highest BCUT2D eigenvalue weighted by Gasteiger charge is 1.94. The smallest absolute Gasteiger partial charge is 0.0253 e. The molecule has 8 heavy (non-hydrogen) atoms. The summed E-state index contributed by atoms with van der Waals surface area (Å²) in [6, 6.07) is 0.0633. The Morgan fingerprint density at radius 2 is 2.38 bits per heavy atom. The first-order valence-electron chi connectivity index (χ1n) is 2.40. The van der Waals surface area contributed by atoms with Gasteiger partial charge in [-0.25, -0.2) is 0 Å². The average Bonchev–Trinajstić information content (AvgIpc) is 1.65. The van der Waals surface area contributed by atoms with Crippen LogP contribution in [0.5, 0.6) is 0 Å². The number of nitrogens with one attached hydrogen (secondary N) is 1. The molecular formula is C4H10NO2S-. The molecule has 0 amide bonds. The zero-order valence-electron chi connectivity index (χ0n) is 5.01. The molecule has 0 saturated heterocycles. The van der Waals surface area contributed by atoms with Gasteiger partial charge in [-0.1, -0.05) is 11.1 Å². The van der Waals surface area contributed by atoms with Crippen LogP contribution in [0.25, 0.3) is 0 Å². The van der Waals surface area contributed by atoms with E-state index in [1.165, 1.54) is 0 Å². The second-order valence-electron chi connectivity index (χ2n) is 1.66. The Hall–Kier alpha value is 0.0700. The van der Waals surface area contributed by atoms with Crippen molar-refractivity contribution >= 4 is 11.1 Å². The molecule has 4 heteroatoms. The zero-order chi connectivity index (χ0) is 6.57. The quantitative estimate of drug-likeness (QED) is 0.531. The summed E-state index contributed by atoms with van der Waals surface area (Å²) >= 11 is -1.91. The van der Waals surface area contributed by atoms with Crippen molar-refractivity contribution in [2.45, 2.75) is 13.0 Å². The predicted molar refractivity (Wildman–Crippen MR) is 32.3 cm³/mol. The van der Waals surface area contributed by atoms with Gasteiger partial charge in [-0.15, -0.1) is 0 Å². The van der Waals surface area contributed by atoms with E-state index in [1.54, 1.807) is 7.05 Å². The molecule has 2 unspecified atom stereocenters. The molecule has 0 heterocycles. The molecule has 0 radical (unpaired) electrons. The Morgan fingerprint density at radius 1 is 1.88 bits per heavy atom. The molecule has 50 valence electrons. The third-order valence-corrected chi connectivity index (χ3v) is 1.65. The van der Waals surface area contributed by atoms with Gasteiger partial charge in [0.15, 0.2) is 0 Å². The molecule has 0 bridgehead atoms. The van der Waals surface area contributed by atoms with E-state index in [-0.39, 0.29) is 11.8 Å². The van der Waals surface area contributed by atoms with Crippen molar-refractivity contribution < 1.29 is 8.76 Å². The molecular weight excluding hydrogens is 126 g/mol. The molecule has 0 aliphatic heterocycles. The first-order chi connectivity index (χ1) is 3.66. The molecule has 0 aliphatic rings. The highest BCUT2D eigenvalue weighted by molar-refractivity contribution is 7.79. The van der Waals surface area contributed by atoms with E-state index in [0.717, 1.165) is 0 Å². The monoisotopic (exact) mass is 136 g/mol. The van der Waals surface area contributed by atoms with Gasteiger partial charge >= 0.3 is 0 Å². The van der Waals surface area contributed by atoms with Crippen molar-refractivity contribution in [3.8, 4) is 0 Å². The highest BCUT2D eigenvalue weighted by atomic mass is 32.2. The lowest BCUT2D eigenvalue weighted by Crippen LogP contribution is -2.27. The van der Waals surface area contributed by atoms with E-state index in [2.05, 4.69) is 5.32 Å². The number of hydrogen-bond acceptors (Lipinski definition) is 3. The first kappa shape index (κ1) is 8.07. The van der Waals surface area contributed by atoms with Crippen LogP contribution in [0.2, 0.25) is 0 Å². The summed E-state index contributed by atoms with van der Waals surface area (Å²) < 4.78 is 19.9. The van der Waals surface area contributed by atoms with Crippen LogP contribution in [0.1, 0.15) is 6.92 Å². The normalized spacial score (nSPS) is 17.9. The number of hydrogen-bond donors (Lipinski definition) is 1. The van der Waals surface area contributed by atoms with Crippen molar-refractivity contribution in [3.05, 3.63) is 0 Å². The summed E-state index contributed by atoms with van der Waals surface area (Å²) in [6.07, 6.45) is 0. The molecule has 0 aliphatic carbocycles. The molecule has 2 atom stereocenters. The van der Waals surface area contributed by atoms with Gasteiger partial charge in [0.25, 0.3) is 0 Å². The predicted octanol–water partition coefficient (Wildman–Crippen LogP) is -0.527. The van der Waals surface area contributed by atoms with Gasteiger partial charge in [-0.2, -0.15) is 0 Å². The lowest BCUT2D eigenvalue weighted by molar-refractivity contribution is 0.525. The minimum absolute atomic E-state index is 0.0633. The largest absolute Gasteiger partial charge is 0.772 e. The molecule has 0 aromatic heterocycles. The Bertz CT molecular complexity index is 86.1. The number of rotatable bonds is 3. The molecule has 0 aromatic carbocycles. The Morgan fingerprint density at radius 3 is 2.50 bits per heavy atom. The van der Waals surface area contributed by atoms with E-state index in [0.29, 0.717) is 0 Å². The third kappa shape index (κ3) is 4.23. The molecule has 3 nitrogen and oxygen atoms in total. The van der Waals surface area contributed by atoms with Crippen molar-refractivity contribution in [3.63, 3.8) is 0 Å². The molecule has 0 rings (SSSR count). The van der Waals surface area contributed by atoms with E-state index in [4.69, 9.17) is 0 Å². The second kappa shape index (κ2) is 4.00. The minimum Gasteiger partial charge on any atom is -0.772 e. The van der Waals surface area contributed by atoms with Gasteiger partial charge < -0.3 is 9.87 Å². The van der Waals surface area contributed by atoms with E-state index < -0.39 is 11.1 Å². The topological polar surface area (TPSA) is 52.2 Å². The zero-order valence-corrected chi connectivity index (χ0v) is 5.83. The second-order valence-corrected chi connectivity index (χ2v) is 2.60. The molecule has 0 saturated carbocycles. The summed E-state index contributed by atoms with van der Waals surface area (Å²) in [5.74, 6) is 0.191. The fourth-order valence-corrected chi connectivity index (χ4v) is 0.862. The summed E-state index contributed by atoms with van der Waals surface area (Å²) in [5.41, 5.74) is 0. The molecule has 0 aromatic rings. The fraction of sp³-hybridized carbons (Fsp3) is 1.00. The maximum Gasteiger partial charge on any atom is 0.0253 e. The van der Waals surface area contributed by atoms with Gasteiger partial charge in [-0.05, 0) is 14.0 Å². The summed E-state index contributed by atoms with van der Waals surface area (Å²) in [4.78, 5) is 0. The summed E-state index contributed by atoms with van der Waals surface area (Å²) in [7, 11) is 1.73. The third-order valence-electron chi connectivity index (χ3n) is 0.879. The van der Waals surface area contributed by atoms with E-state index in [9.17, 15) is 8.76 Å². The van der Waals surface area contributed by atoms with Crippen LogP contribution < -0.4 is 5.32 Å². The van der Waals surface area contributed by atoms with Crippen LogP contribution >= 0.6 is 0 Å².